The van der Waals surface area contributed by atoms with Gasteiger partial charge in [-0.05, 0) is 12.3 Å². The lowest BCUT2D eigenvalue weighted by molar-refractivity contribution is -0.116. The lowest BCUT2D eigenvalue weighted by atomic mass is 9.86. The number of aromatic nitrogens is 2. The number of nitrogens with one attached hydrogen (secondary N) is 1. The number of aryl methyl sites for hydroxylation is 1. The van der Waals surface area contributed by atoms with Gasteiger partial charge in [-0.3, -0.25) is 9.48 Å². The lowest BCUT2D eigenvalue weighted by Gasteiger charge is -2.20. The number of hydrogen-bond donors (Lipinski definition) is 1. The Hall–Kier alpha value is -1.83. The van der Waals surface area contributed by atoms with Gasteiger partial charge in [-0.15, -0.1) is 0 Å². The Balaban J connectivity index is 1.82. The van der Waals surface area contributed by atoms with Gasteiger partial charge in [0, 0.05) is 19.7 Å². The molecule has 19 heavy (non-hydrogen) atoms. The van der Waals surface area contributed by atoms with E-state index in [2.05, 4.69) is 10.4 Å². The average molecular weight is 260 g/mol. The maximum atomic E-state index is 11.9. The molecule has 2 rings (SSSR count). The predicted molar refractivity (Wildman–Crippen MR) is 72.4 cm³/mol. The third-order valence-electron chi connectivity index (χ3n) is 3.71. The molecule has 1 amide bonds. The fourth-order valence-electron chi connectivity index (χ4n) is 2.67. The number of hydrogen-bond acceptors (Lipinski definition) is 3. The first-order valence-corrected chi connectivity index (χ1v) is 6.92. The number of carbonyl (C=O) groups excluding carboxylic acids is 1. The van der Waals surface area contributed by atoms with Gasteiger partial charge in [0.25, 0.3) is 0 Å². The van der Waals surface area contributed by atoms with Crippen LogP contribution in [-0.4, -0.2) is 15.7 Å². The molecule has 1 N–H and O–H groups in total. The van der Waals surface area contributed by atoms with Gasteiger partial charge in [0.05, 0.1) is 0 Å². The second-order valence-corrected chi connectivity index (χ2v) is 5.27. The van der Waals surface area contributed by atoms with Crippen LogP contribution in [0.3, 0.4) is 0 Å². The Morgan fingerprint density at radius 3 is 2.95 bits per heavy atom. The molecular formula is C14H20N4O. The zero-order chi connectivity index (χ0) is 13.7. The summed E-state index contributed by atoms with van der Waals surface area (Å²) >= 11 is 0. The highest BCUT2D eigenvalue weighted by Gasteiger charge is 2.16. The van der Waals surface area contributed by atoms with Crippen molar-refractivity contribution in [2.45, 2.75) is 44.9 Å². The van der Waals surface area contributed by atoms with Crippen molar-refractivity contribution < 1.29 is 4.79 Å². The van der Waals surface area contributed by atoms with E-state index < -0.39 is 0 Å². The molecule has 0 bridgehead atoms. The Bertz CT molecular complexity index is 480. The molecule has 1 saturated carbocycles. The van der Waals surface area contributed by atoms with E-state index in [-0.39, 0.29) is 5.91 Å². The summed E-state index contributed by atoms with van der Waals surface area (Å²) in [5, 5.41) is 15.7. The first-order valence-electron chi connectivity index (χ1n) is 6.92. The number of nitriles is 1. The SMILES string of the molecule is Cn1cc(C#N)c(NC(=O)CCC2CCCCC2)n1. The van der Waals surface area contributed by atoms with E-state index in [4.69, 9.17) is 5.26 Å². The molecule has 1 heterocycles. The van der Waals surface area contributed by atoms with Crippen LogP contribution < -0.4 is 5.32 Å². The Labute approximate surface area is 113 Å². The zero-order valence-corrected chi connectivity index (χ0v) is 11.4. The largest absolute Gasteiger partial charge is 0.308 e. The van der Waals surface area contributed by atoms with Gasteiger partial charge in [-0.2, -0.15) is 10.4 Å². The smallest absolute Gasteiger partial charge is 0.225 e. The molecule has 0 unspecified atom stereocenters. The molecule has 0 radical (unpaired) electrons. The summed E-state index contributed by atoms with van der Waals surface area (Å²) in [6.07, 6.45) is 9.50. The Kier molecular flexibility index (Phi) is 4.56. The van der Waals surface area contributed by atoms with Gasteiger partial charge < -0.3 is 5.32 Å². The fraction of sp³-hybridized carbons (Fsp3) is 0.643. The van der Waals surface area contributed by atoms with Crippen molar-refractivity contribution in [2.24, 2.45) is 13.0 Å². The molecule has 0 atom stereocenters. The molecule has 0 saturated heterocycles. The fourth-order valence-corrected chi connectivity index (χ4v) is 2.67. The van der Waals surface area contributed by atoms with Gasteiger partial charge in [0.15, 0.2) is 5.82 Å². The van der Waals surface area contributed by atoms with Crippen LogP contribution >= 0.6 is 0 Å². The highest BCUT2D eigenvalue weighted by molar-refractivity contribution is 5.90. The van der Waals surface area contributed by atoms with Crippen LogP contribution in [-0.2, 0) is 11.8 Å². The molecule has 1 aromatic heterocycles. The summed E-state index contributed by atoms with van der Waals surface area (Å²) < 4.78 is 1.54. The molecule has 1 aliphatic rings. The molecule has 0 aliphatic heterocycles. The quantitative estimate of drug-likeness (QED) is 0.904. The van der Waals surface area contributed by atoms with E-state index in [1.807, 2.05) is 6.07 Å². The minimum absolute atomic E-state index is 0.0410. The third kappa shape index (κ3) is 3.82. The summed E-state index contributed by atoms with van der Waals surface area (Å²) in [5.74, 6) is 1.03. The topological polar surface area (TPSA) is 70.7 Å². The van der Waals surface area contributed by atoms with Gasteiger partial charge in [0.1, 0.15) is 11.6 Å². The molecule has 5 nitrogen and oxygen atoms in total. The normalized spacial score (nSPS) is 16.0. The van der Waals surface area contributed by atoms with Crippen LogP contribution in [0.25, 0.3) is 0 Å². The minimum atomic E-state index is -0.0410. The molecule has 1 aliphatic carbocycles. The molecular weight excluding hydrogens is 240 g/mol. The van der Waals surface area contributed by atoms with E-state index in [0.717, 1.165) is 6.42 Å². The summed E-state index contributed by atoms with van der Waals surface area (Å²) in [5.41, 5.74) is 0.411. The molecule has 1 fully saturated rings. The number of anilines is 1. The van der Waals surface area contributed by atoms with Gasteiger partial charge in [-0.1, -0.05) is 32.1 Å². The molecule has 0 spiro atoms. The molecule has 5 heteroatoms. The van der Waals surface area contributed by atoms with Crippen LogP contribution in [0, 0.1) is 17.2 Å². The highest BCUT2D eigenvalue weighted by atomic mass is 16.1. The maximum absolute atomic E-state index is 11.9. The van der Waals surface area contributed by atoms with Gasteiger partial charge >= 0.3 is 0 Å². The molecule has 1 aromatic rings. The minimum Gasteiger partial charge on any atom is -0.308 e. The monoisotopic (exact) mass is 260 g/mol. The number of amides is 1. The second kappa shape index (κ2) is 6.37. The third-order valence-corrected chi connectivity index (χ3v) is 3.71. The summed E-state index contributed by atoms with van der Waals surface area (Å²) in [6, 6.07) is 2.03. The lowest BCUT2D eigenvalue weighted by Crippen LogP contribution is -2.15. The Morgan fingerprint density at radius 1 is 1.53 bits per heavy atom. The van der Waals surface area contributed by atoms with Crippen molar-refractivity contribution in [1.29, 1.82) is 5.26 Å². The number of rotatable bonds is 4. The summed E-state index contributed by atoms with van der Waals surface area (Å²) in [6.45, 7) is 0. The molecule has 102 valence electrons. The van der Waals surface area contributed by atoms with Crippen LogP contribution in [0.4, 0.5) is 5.82 Å². The average Bonchev–Trinajstić information content (AvgIpc) is 2.77. The van der Waals surface area contributed by atoms with Crippen molar-refractivity contribution in [2.75, 3.05) is 5.32 Å². The highest BCUT2D eigenvalue weighted by Crippen LogP contribution is 2.27. The van der Waals surface area contributed by atoms with E-state index in [1.54, 1.807) is 13.2 Å². The second-order valence-electron chi connectivity index (χ2n) is 5.27. The van der Waals surface area contributed by atoms with Crippen LogP contribution in [0.5, 0.6) is 0 Å². The van der Waals surface area contributed by atoms with Crippen LogP contribution in [0.1, 0.15) is 50.5 Å². The van der Waals surface area contributed by atoms with Gasteiger partial charge in [-0.25, -0.2) is 0 Å². The van der Waals surface area contributed by atoms with Crippen molar-refractivity contribution >= 4 is 11.7 Å². The first-order chi connectivity index (χ1) is 9.19. The predicted octanol–water partition coefficient (Wildman–Crippen LogP) is 2.59. The van der Waals surface area contributed by atoms with E-state index in [1.165, 1.54) is 36.8 Å². The van der Waals surface area contributed by atoms with Gasteiger partial charge in [0.2, 0.25) is 5.91 Å². The number of nitrogens with zero attached hydrogens (tertiary/aromatic N) is 3. The van der Waals surface area contributed by atoms with Crippen molar-refractivity contribution in [1.82, 2.24) is 9.78 Å². The maximum Gasteiger partial charge on any atom is 0.225 e. The van der Waals surface area contributed by atoms with Crippen LogP contribution in [0.15, 0.2) is 6.20 Å². The van der Waals surface area contributed by atoms with E-state index >= 15 is 0 Å². The van der Waals surface area contributed by atoms with E-state index in [9.17, 15) is 4.79 Å². The standard InChI is InChI=1S/C14H20N4O/c1-18-10-12(9-15)14(17-18)16-13(19)8-7-11-5-3-2-4-6-11/h10-11H,2-8H2,1H3,(H,16,17,19). The zero-order valence-electron chi connectivity index (χ0n) is 11.4. The van der Waals surface area contributed by atoms with Crippen molar-refractivity contribution in [3.63, 3.8) is 0 Å². The van der Waals surface area contributed by atoms with Crippen molar-refractivity contribution in [3.05, 3.63) is 11.8 Å². The summed E-state index contributed by atoms with van der Waals surface area (Å²) in [4.78, 5) is 11.9. The summed E-state index contributed by atoms with van der Waals surface area (Å²) in [7, 11) is 1.73. The number of carbonyl (C=O) groups is 1. The van der Waals surface area contributed by atoms with Crippen molar-refractivity contribution in [3.8, 4) is 6.07 Å². The van der Waals surface area contributed by atoms with Crippen LogP contribution in [0.2, 0.25) is 0 Å². The Morgan fingerprint density at radius 2 is 2.26 bits per heavy atom. The molecule has 0 aromatic carbocycles. The van der Waals surface area contributed by atoms with E-state index in [0.29, 0.717) is 23.7 Å². The first kappa shape index (κ1) is 13.6.